The van der Waals surface area contributed by atoms with Gasteiger partial charge >= 0.3 is 11.9 Å². The van der Waals surface area contributed by atoms with Crippen LogP contribution >= 0.6 is 0 Å². The summed E-state index contributed by atoms with van der Waals surface area (Å²) in [5, 5.41) is 18.2. The van der Waals surface area contributed by atoms with E-state index in [1.165, 1.54) is 24.3 Å². The van der Waals surface area contributed by atoms with Crippen molar-refractivity contribution in [2.45, 2.75) is 20.3 Å². The highest BCUT2D eigenvalue weighted by molar-refractivity contribution is 7.86. The third-order valence-electron chi connectivity index (χ3n) is 4.65. The van der Waals surface area contributed by atoms with Gasteiger partial charge in [-0.05, 0) is 57.0 Å². The first-order valence-electron chi connectivity index (χ1n) is 11.6. The van der Waals surface area contributed by atoms with Gasteiger partial charge in [0.1, 0.15) is 48.0 Å². The molecule has 0 aliphatic heterocycles. The Bertz CT molecular complexity index is 1140. The van der Waals surface area contributed by atoms with E-state index in [0.29, 0.717) is 32.6 Å². The van der Waals surface area contributed by atoms with E-state index in [0.717, 1.165) is 0 Å². The molecule has 39 heavy (non-hydrogen) atoms. The van der Waals surface area contributed by atoms with Crippen LogP contribution in [0.25, 0.3) is 0 Å². The third-order valence-corrected chi connectivity index (χ3v) is 6.02. The van der Waals surface area contributed by atoms with Crippen molar-refractivity contribution >= 4 is 32.2 Å². The number of rotatable bonds is 18. The van der Waals surface area contributed by atoms with E-state index >= 15 is 0 Å². The van der Waals surface area contributed by atoms with Gasteiger partial charge in [-0.25, -0.2) is 9.59 Å². The number of hydrogen-bond donors (Lipinski definition) is 2. The van der Waals surface area contributed by atoms with Crippen molar-refractivity contribution in [3.63, 3.8) is 0 Å². The minimum atomic E-state index is -4.29. The van der Waals surface area contributed by atoms with Gasteiger partial charge < -0.3 is 19.3 Å². The summed E-state index contributed by atoms with van der Waals surface area (Å²) in [7, 11) is -8.58. The lowest BCUT2D eigenvalue weighted by Crippen LogP contribution is -2.24. The lowest BCUT2D eigenvalue weighted by atomic mass is 10.2. The topological polar surface area (TPSA) is 215 Å². The number of esters is 2. The molecule has 216 valence electrons. The largest absolute Gasteiger partial charge is 0.460 e. The predicted octanol–water partition coefficient (Wildman–Crippen LogP) is 0.810. The Balaban J connectivity index is 4.86. The minimum Gasteiger partial charge on any atom is -0.460 e. The monoisotopic (exact) mass is 588 g/mol. The molecule has 0 heterocycles. The average molecular weight is 589 g/mol. The second-order valence-electron chi connectivity index (χ2n) is 7.52. The maximum Gasteiger partial charge on any atom is 0.348 e. The molecular formula is C23H32N4O10S2. The second-order valence-corrected chi connectivity index (χ2v) is 10.7. The molecule has 0 aromatic heterocycles. The molecule has 0 aliphatic carbocycles. The fraction of sp³-hybridized carbons (Fsp3) is 0.478. The van der Waals surface area contributed by atoms with Crippen LogP contribution in [0.15, 0.2) is 47.9 Å². The number of carbonyl (C=O) groups is 2. The molecule has 0 atom stereocenters. The van der Waals surface area contributed by atoms with Gasteiger partial charge in [-0.1, -0.05) is 0 Å². The smallest absolute Gasteiger partial charge is 0.348 e. The number of hydrogen-bond acceptors (Lipinski definition) is 12. The van der Waals surface area contributed by atoms with Crippen LogP contribution in [-0.2, 0) is 39.3 Å². The van der Waals surface area contributed by atoms with Crippen molar-refractivity contribution in [3.8, 4) is 12.1 Å². The summed E-state index contributed by atoms with van der Waals surface area (Å²) in [6, 6.07) is 3.33. The molecule has 0 spiro atoms. The third kappa shape index (κ3) is 18.2. The Morgan fingerprint density at radius 2 is 1.13 bits per heavy atom. The Morgan fingerprint density at radius 1 is 0.769 bits per heavy atom. The zero-order chi connectivity index (χ0) is 29.9. The fourth-order valence-corrected chi connectivity index (χ4v) is 3.20. The summed E-state index contributed by atoms with van der Waals surface area (Å²) in [6.07, 6.45) is 9.46. The van der Waals surface area contributed by atoms with Gasteiger partial charge in [0.25, 0.3) is 20.2 Å². The van der Waals surface area contributed by atoms with Crippen LogP contribution in [0.5, 0.6) is 0 Å². The molecule has 0 aliphatic rings. The van der Waals surface area contributed by atoms with Gasteiger partial charge in [0.15, 0.2) is 0 Å². The normalized spacial score (nSPS) is 12.7. The van der Waals surface area contributed by atoms with Crippen LogP contribution in [0.4, 0.5) is 0 Å². The highest BCUT2D eigenvalue weighted by atomic mass is 32.2. The molecule has 0 saturated carbocycles. The number of nitriles is 2. The highest BCUT2D eigenvalue weighted by Gasteiger charge is 2.13. The van der Waals surface area contributed by atoms with Crippen LogP contribution in [0.2, 0.25) is 0 Å². The lowest BCUT2D eigenvalue weighted by Gasteiger charge is -2.22. The van der Waals surface area contributed by atoms with Crippen molar-refractivity contribution in [2.24, 2.45) is 0 Å². The molecule has 0 fully saturated rings. The number of allylic oxidation sites excluding steroid dienone is 4. The molecule has 0 aromatic rings. The Hall–Kier alpha value is -3.70. The molecule has 0 radical (unpaired) electrons. The van der Waals surface area contributed by atoms with E-state index < -0.39 is 56.9 Å². The zero-order valence-corrected chi connectivity index (χ0v) is 23.2. The highest BCUT2D eigenvalue weighted by Crippen LogP contribution is 2.03. The summed E-state index contributed by atoms with van der Waals surface area (Å²) < 4.78 is 69.2. The molecule has 2 N–H and O–H groups in total. The number of carbonyl (C=O) groups excluding carboxylic acids is 2. The summed E-state index contributed by atoms with van der Waals surface area (Å²) >= 11 is 0. The first-order valence-corrected chi connectivity index (χ1v) is 14.8. The van der Waals surface area contributed by atoms with E-state index in [1.807, 2.05) is 23.6 Å². The van der Waals surface area contributed by atoms with Gasteiger partial charge in [0, 0.05) is 26.2 Å². The molecule has 16 heteroatoms. The van der Waals surface area contributed by atoms with Gasteiger partial charge in [-0.3, -0.25) is 9.11 Å². The van der Waals surface area contributed by atoms with Crippen LogP contribution in [0.1, 0.15) is 20.3 Å². The van der Waals surface area contributed by atoms with Crippen molar-refractivity contribution in [1.29, 1.82) is 10.5 Å². The molecule has 0 amide bonds. The summed E-state index contributed by atoms with van der Waals surface area (Å²) in [5.74, 6) is -3.58. The van der Waals surface area contributed by atoms with Crippen molar-refractivity contribution in [2.75, 3.05) is 50.9 Å². The Labute approximate surface area is 228 Å². The van der Waals surface area contributed by atoms with E-state index in [1.54, 1.807) is 24.5 Å². The fourth-order valence-electron chi connectivity index (χ4n) is 2.61. The molecule has 0 bridgehead atoms. The quantitative estimate of drug-likeness (QED) is 0.0745. The average Bonchev–Trinajstić information content (AvgIpc) is 2.85. The van der Waals surface area contributed by atoms with Crippen molar-refractivity contribution < 1.29 is 45.0 Å². The van der Waals surface area contributed by atoms with E-state index in [4.69, 9.17) is 19.6 Å². The van der Waals surface area contributed by atoms with E-state index in [9.17, 15) is 26.4 Å². The number of nitrogens with zero attached hydrogens (tertiary/aromatic N) is 4. The van der Waals surface area contributed by atoms with E-state index in [2.05, 4.69) is 9.47 Å². The van der Waals surface area contributed by atoms with Crippen LogP contribution in [0.3, 0.4) is 0 Å². The summed E-state index contributed by atoms with van der Waals surface area (Å²) in [5.41, 5.74) is -0.681. The summed E-state index contributed by atoms with van der Waals surface area (Å²) in [6.45, 7) is 5.13. The molecule has 0 unspecified atom stereocenters. The number of ether oxygens (including phenoxy) is 2. The molecule has 0 rings (SSSR count). The Morgan fingerprint density at radius 3 is 1.41 bits per heavy atom. The van der Waals surface area contributed by atoms with Crippen LogP contribution in [0, 0.1) is 22.7 Å². The SMILES string of the molecule is CCN(C=CC=C(C#N)C(=O)OCCS(=O)(=O)O)CCCN(C=CC=C(C#N)C(=O)OCCS(=O)(=O)O)CC. The summed E-state index contributed by atoms with van der Waals surface area (Å²) in [4.78, 5) is 27.5. The molecule has 0 aromatic carbocycles. The second kappa shape index (κ2) is 18.5. The standard InChI is InChI=1S/C23H32N4O10S2/c1-3-26(10-5-8-20(18-24)22(28)36-14-16-38(30,31)32)12-7-13-27(4-2)11-6-9-21(19-25)23(29)37-15-17-39(33,34)35/h5-6,8-11H,3-4,7,12-17H2,1-2H3,(H,30,31,32)(H,33,34,35). The zero-order valence-electron chi connectivity index (χ0n) is 21.6. The predicted molar refractivity (Wildman–Crippen MR) is 140 cm³/mol. The van der Waals surface area contributed by atoms with Gasteiger partial charge in [-0.2, -0.15) is 27.4 Å². The minimum absolute atomic E-state index is 0.341. The van der Waals surface area contributed by atoms with Crippen molar-refractivity contribution in [1.82, 2.24) is 9.80 Å². The van der Waals surface area contributed by atoms with Crippen LogP contribution in [-0.4, -0.2) is 98.6 Å². The maximum atomic E-state index is 11.8. The molecule has 14 nitrogen and oxygen atoms in total. The first-order chi connectivity index (χ1) is 18.3. The van der Waals surface area contributed by atoms with Crippen LogP contribution < -0.4 is 0 Å². The van der Waals surface area contributed by atoms with Gasteiger partial charge in [0.2, 0.25) is 0 Å². The first kappa shape index (κ1) is 35.3. The van der Waals surface area contributed by atoms with E-state index in [-0.39, 0.29) is 11.1 Å². The van der Waals surface area contributed by atoms with Crippen molar-refractivity contribution in [3.05, 3.63) is 47.9 Å². The lowest BCUT2D eigenvalue weighted by molar-refractivity contribution is -0.138. The van der Waals surface area contributed by atoms with Gasteiger partial charge in [-0.15, -0.1) is 0 Å². The molecular weight excluding hydrogens is 556 g/mol. The Kier molecular flexibility index (Phi) is 16.8. The van der Waals surface area contributed by atoms with Gasteiger partial charge in [0.05, 0.1) is 0 Å². The molecule has 0 saturated heterocycles. The maximum absolute atomic E-state index is 11.8.